The second-order valence-electron chi connectivity index (χ2n) is 5.87. The number of carbonyl (C=O) groups is 2. The molecular formula is C19H19N3O5S. The van der Waals surface area contributed by atoms with E-state index in [0.29, 0.717) is 40.1 Å². The number of ether oxygens (including phenoxy) is 1. The summed E-state index contributed by atoms with van der Waals surface area (Å²) >= 11 is 1.45. The third-order valence-electron chi connectivity index (χ3n) is 3.86. The number of furan rings is 1. The second-order valence-corrected chi connectivity index (χ2v) is 6.89. The van der Waals surface area contributed by atoms with Gasteiger partial charge in [0.25, 0.3) is 5.91 Å². The second kappa shape index (κ2) is 8.75. The highest BCUT2D eigenvalue weighted by Crippen LogP contribution is 2.25. The van der Waals surface area contributed by atoms with Crippen molar-refractivity contribution >= 4 is 23.6 Å². The average Bonchev–Trinajstić information content (AvgIpc) is 3.29. The van der Waals surface area contributed by atoms with Gasteiger partial charge in [-0.2, -0.15) is 4.98 Å². The molecule has 1 N–H and O–H groups in total. The maximum Gasteiger partial charge on any atom is 0.341 e. The van der Waals surface area contributed by atoms with E-state index in [2.05, 4.69) is 15.5 Å². The smallest absolute Gasteiger partial charge is 0.341 e. The Labute approximate surface area is 165 Å². The maximum atomic E-state index is 12.6. The van der Waals surface area contributed by atoms with Crippen molar-refractivity contribution in [2.75, 3.05) is 7.11 Å². The minimum atomic E-state index is -0.475. The number of hydrogen-bond donors (Lipinski definition) is 1. The van der Waals surface area contributed by atoms with Crippen molar-refractivity contribution in [2.24, 2.45) is 0 Å². The molecule has 9 heteroatoms. The molecule has 0 atom stereocenters. The third kappa shape index (κ3) is 4.61. The molecule has 2 aromatic heterocycles. The molecule has 3 aromatic rings. The summed E-state index contributed by atoms with van der Waals surface area (Å²) in [7, 11) is 1.31. The Kier molecular flexibility index (Phi) is 6.15. The monoisotopic (exact) mass is 401 g/mol. The molecule has 0 unspecified atom stereocenters. The number of benzene rings is 1. The van der Waals surface area contributed by atoms with E-state index in [1.807, 2.05) is 12.1 Å². The van der Waals surface area contributed by atoms with Crippen LogP contribution < -0.4 is 5.32 Å². The Morgan fingerprint density at radius 3 is 2.71 bits per heavy atom. The fourth-order valence-electron chi connectivity index (χ4n) is 2.53. The highest BCUT2D eigenvalue weighted by atomic mass is 32.2. The fraction of sp³-hybridized carbons (Fsp3) is 0.263. The van der Waals surface area contributed by atoms with E-state index in [4.69, 9.17) is 13.7 Å². The normalized spacial score (nSPS) is 10.7. The van der Waals surface area contributed by atoms with Crippen molar-refractivity contribution < 1.29 is 23.3 Å². The lowest BCUT2D eigenvalue weighted by Gasteiger charge is -2.08. The number of carbonyl (C=O) groups excluding carboxylic acids is 2. The molecule has 1 amide bonds. The summed E-state index contributed by atoms with van der Waals surface area (Å²) in [5, 5.41) is 6.66. The van der Waals surface area contributed by atoms with Gasteiger partial charge in [-0.1, -0.05) is 17.3 Å². The Hall–Kier alpha value is -3.07. The number of hydrogen-bond acceptors (Lipinski definition) is 8. The number of rotatable bonds is 7. The molecule has 0 spiro atoms. The highest BCUT2D eigenvalue weighted by molar-refractivity contribution is 7.98. The van der Waals surface area contributed by atoms with Crippen molar-refractivity contribution in [3.8, 4) is 0 Å². The Morgan fingerprint density at radius 2 is 2.00 bits per heavy atom. The molecule has 2 heterocycles. The number of methoxy groups -OCH3 is 1. The quantitative estimate of drug-likeness (QED) is 0.475. The van der Waals surface area contributed by atoms with Crippen LogP contribution in [0, 0.1) is 13.8 Å². The average molecular weight is 401 g/mol. The lowest BCUT2D eigenvalue weighted by Crippen LogP contribution is -2.23. The van der Waals surface area contributed by atoms with Gasteiger partial charge in [0, 0.05) is 11.8 Å². The van der Waals surface area contributed by atoms with E-state index in [9.17, 15) is 9.59 Å². The topological polar surface area (TPSA) is 107 Å². The molecule has 8 nitrogen and oxygen atoms in total. The zero-order chi connectivity index (χ0) is 20.1. The predicted molar refractivity (Wildman–Crippen MR) is 101 cm³/mol. The van der Waals surface area contributed by atoms with E-state index >= 15 is 0 Å². The number of nitrogens with one attached hydrogen (secondary N) is 1. The largest absolute Gasteiger partial charge is 0.465 e. The van der Waals surface area contributed by atoms with Crippen LogP contribution in [0.5, 0.6) is 0 Å². The molecule has 0 aliphatic rings. The lowest BCUT2D eigenvalue weighted by molar-refractivity contribution is 0.0598. The van der Waals surface area contributed by atoms with Gasteiger partial charge < -0.3 is 19.0 Å². The van der Waals surface area contributed by atoms with Gasteiger partial charge in [0.2, 0.25) is 5.89 Å². The van der Waals surface area contributed by atoms with Crippen LogP contribution in [0.4, 0.5) is 0 Å². The van der Waals surface area contributed by atoms with Crippen molar-refractivity contribution in [2.45, 2.75) is 31.0 Å². The molecule has 1 aromatic carbocycles. The van der Waals surface area contributed by atoms with E-state index < -0.39 is 5.97 Å². The fourth-order valence-corrected chi connectivity index (χ4v) is 3.42. The van der Waals surface area contributed by atoms with Crippen molar-refractivity contribution in [3.05, 3.63) is 64.7 Å². The standard InChI is InChI=1S/C19H19N3O5S/c1-11-15(19(24)25-3)8-13(26-11)9-20-18(23)14-6-4-5-7-16(14)28-10-17-21-12(2)27-22-17/h4-8H,9-10H2,1-3H3,(H,20,23). The van der Waals surface area contributed by atoms with E-state index in [1.165, 1.54) is 18.9 Å². The van der Waals surface area contributed by atoms with Crippen molar-refractivity contribution in [3.63, 3.8) is 0 Å². The molecule has 146 valence electrons. The van der Waals surface area contributed by atoms with Crippen LogP contribution in [0.2, 0.25) is 0 Å². The molecule has 28 heavy (non-hydrogen) atoms. The molecule has 0 saturated carbocycles. The van der Waals surface area contributed by atoms with Crippen LogP contribution >= 0.6 is 11.8 Å². The molecule has 0 bridgehead atoms. The molecule has 0 radical (unpaired) electrons. The zero-order valence-corrected chi connectivity index (χ0v) is 16.5. The highest BCUT2D eigenvalue weighted by Gasteiger charge is 2.17. The molecule has 0 aliphatic carbocycles. The van der Waals surface area contributed by atoms with Crippen LogP contribution in [0.3, 0.4) is 0 Å². The number of amides is 1. The Bertz CT molecular complexity index is 995. The summed E-state index contributed by atoms with van der Waals surface area (Å²) in [6.07, 6.45) is 0. The first kappa shape index (κ1) is 19.7. The van der Waals surface area contributed by atoms with E-state index in [-0.39, 0.29) is 12.5 Å². The summed E-state index contributed by atoms with van der Waals surface area (Å²) in [5.74, 6) is 1.75. The van der Waals surface area contributed by atoms with Gasteiger partial charge in [-0.25, -0.2) is 4.79 Å². The minimum Gasteiger partial charge on any atom is -0.465 e. The van der Waals surface area contributed by atoms with Gasteiger partial charge in [0.15, 0.2) is 5.82 Å². The van der Waals surface area contributed by atoms with Gasteiger partial charge in [-0.3, -0.25) is 4.79 Å². The summed E-state index contributed by atoms with van der Waals surface area (Å²) in [6.45, 7) is 3.55. The first-order valence-electron chi connectivity index (χ1n) is 8.44. The summed E-state index contributed by atoms with van der Waals surface area (Å²) in [5.41, 5.74) is 0.877. The van der Waals surface area contributed by atoms with Gasteiger partial charge >= 0.3 is 5.97 Å². The van der Waals surface area contributed by atoms with E-state index in [1.54, 1.807) is 32.0 Å². The Morgan fingerprint density at radius 1 is 1.21 bits per heavy atom. The minimum absolute atomic E-state index is 0.152. The molecular weight excluding hydrogens is 382 g/mol. The number of aromatic nitrogens is 2. The Balaban J connectivity index is 1.65. The van der Waals surface area contributed by atoms with Crippen LogP contribution in [0.15, 0.2) is 44.2 Å². The maximum absolute atomic E-state index is 12.6. The van der Waals surface area contributed by atoms with Crippen LogP contribution in [-0.2, 0) is 17.0 Å². The summed E-state index contributed by atoms with van der Waals surface area (Å²) in [4.78, 5) is 29.2. The molecule has 3 rings (SSSR count). The summed E-state index contributed by atoms with van der Waals surface area (Å²) in [6, 6.07) is 8.83. The van der Waals surface area contributed by atoms with Crippen LogP contribution in [-0.4, -0.2) is 29.1 Å². The number of thioether (sulfide) groups is 1. The molecule has 0 fully saturated rings. The van der Waals surface area contributed by atoms with Gasteiger partial charge in [-0.05, 0) is 25.1 Å². The van der Waals surface area contributed by atoms with Crippen molar-refractivity contribution in [1.82, 2.24) is 15.5 Å². The van der Waals surface area contributed by atoms with Gasteiger partial charge in [0.1, 0.15) is 17.1 Å². The zero-order valence-electron chi connectivity index (χ0n) is 15.6. The summed E-state index contributed by atoms with van der Waals surface area (Å²) < 4.78 is 15.2. The van der Waals surface area contributed by atoms with Gasteiger partial charge in [0.05, 0.1) is 25.0 Å². The van der Waals surface area contributed by atoms with Crippen molar-refractivity contribution in [1.29, 1.82) is 0 Å². The SMILES string of the molecule is COC(=O)c1cc(CNC(=O)c2ccccc2SCc2noc(C)n2)oc1C. The number of aryl methyl sites for hydroxylation is 2. The molecule has 0 saturated heterocycles. The van der Waals surface area contributed by atoms with E-state index in [0.717, 1.165) is 4.90 Å². The predicted octanol–water partition coefficient (Wildman–Crippen LogP) is 3.29. The lowest BCUT2D eigenvalue weighted by atomic mass is 10.2. The first-order chi connectivity index (χ1) is 13.5. The first-order valence-corrected chi connectivity index (χ1v) is 9.43. The van der Waals surface area contributed by atoms with Gasteiger partial charge in [-0.15, -0.1) is 11.8 Å². The number of nitrogens with zero attached hydrogens (tertiary/aromatic N) is 2. The van der Waals surface area contributed by atoms with Crippen LogP contribution in [0.1, 0.15) is 44.0 Å². The third-order valence-corrected chi connectivity index (χ3v) is 4.92. The van der Waals surface area contributed by atoms with Crippen LogP contribution in [0.25, 0.3) is 0 Å². The number of esters is 1. The molecule has 0 aliphatic heterocycles.